The molecule has 0 bridgehead atoms. The number of fused-ring (bicyclic) bond motifs is 1. The molecule has 2 aliphatic rings. The summed E-state index contributed by atoms with van der Waals surface area (Å²) in [5.41, 5.74) is 3.54. The van der Waals surface area contributed by atoms with Gasteiger partial charge in [-0.25, -0.2) is 0 Å². The van der Waals surface area contributed by atoms with Gasteiger partial charge >= 0.3 is 0 Å². The van der Waals surface area contributed by atoms with Gasteiger partial charge in [0.2, 0.25) is 0 Å². The Morgan fingerprint density at radius 3 is 2.78 bits per heavy atom. The van der Waals surface area contributed by atoms with Crippen molar-refractivity contribution in [3.8, 4) is 0 Å². The van der Waals surface area contributed by atoms with E-state index in [1.807, 2.05) is 29.2 Å². The Kier molecular flexibility index (Phi) is 5.40. The molecule has 1 aromatic carbocycles. The van der Waals surface area contributed by atoms with Crippen molar-refractivity contribution in [3.63, 3.8) is 0 Å². The number of ether oxygens (including phenoxy) is 1. The molecule has 2 N–H and O–H groups in total. The summed E-state index contributed by atoms with van der Waals surface area (Å²) in [5, 5.41) is 16.7. The average molecular weight is 371 g/mol. The number of hydrogen-bond acceptors (Lipinski definition) is 6. The minimum atomic E-state index is 0.0562. The minimum absolute atomic E-state index is 0.0562. The molecular formula is C20H25N3O4. The monoisotopic (exact) mass is 371 g/mol. The molecule has 2 aliphatic heterocycles. The van der Waals surface area contributed by atoms with Crippen molar-refractivity contribution >= 4 is 11.6 Å². The number of carbonyl (C=O) groups is 1. The fourth-order valence-corrected chi connectivity index (χ4v) is 3.64. The lowest BCUT2D eigenvalue weighted by Gasteiger charge is -2.31. The highest BCUT2D eigenvalue weighted by molar-refractivity contribution is 5.94. The summed E-state index contributed by atoms with van der Waals surface area (Å²) in [6, 6.07) is 7.53. The number of nitrogens with one attached hydrogen (secondary N) is 1. The van der Waals surface area contributed by atoms with Gasteiger partial charge in [-0.3, -0.25) is 4.79 Å². The predicted octanol–water partition coefficient (Wildman–Crippen LogP) is 2.20. The van der Waals surface area contributed by atoms with Crippen LogP contribution in [0.2, 0.25) is 0 Å². The van der Waals surface area contributed by atoms with Crippen LogP contribution in [0.5, 0.6) is 0 Å². The smallest absolute Gasteiger partial charge is 0.253 e. The number of hydrogen-bond donors (Lipinski definition) is 2. The second kappa shape index (κ2) is 8.10. The van der Waals surface area contributed by atoms with E-state index in [9.17, 15) is 9.90 Å². The Labute approximate surface area is 158 Å². The first-order valence-electron chi connectivity index (χ1n) is 9.52. The van der Waals surface area contributed by atoms with E-state index >= 15 is 0 Å². The lowest BCUT2D eigenvalue weighted by molar-refractivity contribution is 0.0651. The van der Waals surface area contributed by atoms with Crippen LogP contribution in [-0.4, -0.2) is 47.4 Å². The summed E-state index contributed by atoms with van der Waals surface area (Å²) in [6.45, 7) is 3.43. The fourth-order valence-electron chi connectivity index (χ4n) is 3.64. The third-order valence-electron chi connectivity index (χ3n) is 5.42. The van der Waals surface area contributed by atoms with Crippen LogP contribution in [0.4, 0.5) is 5.69 Å². The Balaban J connectivity index is 1.34. The van der Waals surface area contributed by atoms with Crippen LogP contribution >= 0.6 is 0 Å². The van der Waals surface area contributed by atoms with Gasteiger partial charge in [-0.15, -0.1) is 0 Å². The van der Waals surface area contributed by atoms with Crippen molar-refractivity contribution < 1.29 is 19.2 Å². The second-order valence-electron chi connectivity index (χ2n) is 7.18. The second-order valence-corrected chi connectivity index (χ2v) is 7.18. The maximum Gasteiger partial charge on any atom is 0.253 e. The number of nitrogens with zero attached hydrogens (tertiary/aromatic N) is 2. The molecular weight excluding hydrogens is 346 g/mol. The third-order valence-corrected chi connectivity index (χ3v) is 5.42. The van der Waals surface area contributed by atoms with Crippen molar-refractivity contribution in [3.05, 3.63) is 46.8 Å². The molecule has 7 heteroatoms. The van der Waals surface area contributed by atoms with Gasteiger partial charge in [-0.1, -0.05) is 5.16 Å². The number of carbonyl (C=O) groups excluding carboxylic acids is 1. The molecule has 0 saturated carbocycles. The van der Waals surface area contributed by atoms with Crippen molar-refractivity contribution in [2.75, 3.05) is 31.6 Å². The molecule has 0 aliphatic carbocycles. The maximum atomic E-state index is 12.6. The van der Waals surface area contributed by atoms with Gasteiger partial charge in [0.1, 0.15) is 11.5 Å². The number of piperidine rings is 1. The van der Waals surface area contributed by atoms with Crippen LogP contribution in [0.25, 0.3) is 0 Å². The average Bonchev–Trinajstić information content (AvgIpc) is 3.15. The van der Waals surface area contributed by atoms with Gasteiger partial charge in [-0.05, 0) is 43.0 Å². The molecule has 0 radical (unpaired) electrons. The van der Waals surface area contributed by atoms with Crippen molar-refractivity contribution in [1.82, 2.24) is 10.1 Å². The molecule has 1 fully saturated rings. The Hall–Kier alpha value is -2.38. The highest BCUT2D eigenvalue weighted by Gasteiger charge is 2.23. The van der Waals surface area contributed by atoms with Gasteiger partial charge in [-0.2, -0.15) is 0 Å². The first kappa shape index (κ1) is 18.0. The zero-order chi connectivity index (χ0) is 18.6. The van der Waals surface area contributed by atoms with Crippen molar-refractivity contribution in [1.29, 1.82) is 0 Å². The van der Waals surface area contributed by atoms with E-state index in [0.717, 1.165) is 42.0 Å². The maximum absolute atomic E-state index is 12.6. The largest absolute Gasteiger partial charge is 0.396 e. The Bertz CT molecular complexity index is 779. The van der Waals surface area contributed by atoms with Gasteiger partial charge in [0.15, 0.2) is 0 Å². The third kappa shape index (κ3) is 3.99. The Morgan fingerprint density at radius 1 is 1.26 bits per heavy atom. The molecule has 1 amide bonds. The van der Waals surface area contributed by atoms with E-state index < -0.39 is 0 Å². The first-order valence-corrected chi connectivity index (χ1v) is 9.52. The zero-order valence-electron chi connectivity index (χ0n) is 15.3. The lowest BCUT2D eigenvalue weighted by Crippen LogP contribution is -2.39. The summed E-state index contributed by atoms with van der Waals surface area (Å²) in [4.78, 5) is 14.5. The number of benzene rings is 1. The summed E-state index contributed by atoms with van der Waals surface area (Å²) >= 11 is 0. The number of aromatic nitrogens is 1. The summed E-state index contributed by atoms with van der Waals surface area (Å²) in [6.07, 6.45) is 2.51. The molecule has 4 rings (SSSR count). The van der Waals surface area contributed by atoms with Gasteiger partial charge in [0, 0.05) is 42.9 Å². The highest BCUT2D eigenvalue weighted by Crippen LogP contribution is 2.22. The highest BCUT2D eigenvalue weighted by atomic mass is 16.5. The zero-order valence-corrected chi connectivity index (χ0v) is 15.3. The van der Waals surface area contributed by atoms with Gasteiger partial charge in [0.05, 0.1) is 19.8 Å². The summed E-state index contributed by atoms with van der Waals surface area (Å²) < 4.78 is 10.8. The number of aliphatic hydroxyl groups excluding tert-OH is 1. The normalized spacial score (nSPS) is 17.6. The van der Waals surface area contributed by atoms with E-state index in [1.165, 1.54) is 0 Å². The number of aliphatic hydroxyl groups is 1. The topological polar surface area (TPSA) is 87.8 Å². The molecule has 2 aromatic rings. The van der Waals surface area contributed by atoms with E-state index in [4.69, 9.17) is 9.26 Å². The van der Waals surface area contributed by atoms with E-state index in [2.05, 4.69) is 10.5 Å². The van der Waals surface area contributed by atoms with Gasteiger partial charge in [0.25, 0.3) is 5.91 Å². The molecule has 1 aromatic heterocycles. The molecule has 0 atom stereocenters. The van der Waals surface area contributed by atoms with Crippen molar-refractivity contribution in [2.45, 2.75) is 32.4 Å². The van der Waals surface area contributed by atoms with Crippen LogP contribution in [0.15, 0.2) is 28.8 Å². The quantitative estimate of drug-likeness (QED) is 0.838. The predicted molar refractivity (Wildman–Crippen MR) is 99.3 cm³/mol. The fraction of sp³-hybridized carbons (Fsp3) is 0.500. The molecule has 0 spiro atoms. The van der Waals surface area contributed by atoms with E-state index in [0.29, 0.717) is 44.3 Å². The SMILES string of the molecule is O=C(c1ccc(NCc2noc3c2COCC3)cc1)N1CCC(CO)CC1. The van der Waals surface area contributed by atoms with Crippen LogP contribution < -0.4 is 5.32 Å². The van der Waals surface area contributed by atoms with Crippen LogP contribution in [-0.2, 0) is 24.3 Å². The van der Waals surface area contributed by atoms with Gasteiger partial charge < -0.3 is 24.6 Å². The molecule has 27 heavy (non-hydrogen) atoms. The van der Waals surface area contributed by atoms with Crippen molar-refractivity contribution in [2.24, 2.45) is 5.92 Å². The standard InChI is InChI=1S/C20H25N3O4/c24-12-14-5-8-23(9-6-14)20(25)15-1-3-16(4-2-15)21-11-18-17-13-26-10-7-19(17)27-22-18/h1-4,14,21,24H,5-13H2. The molecule has 3 heterocycles. The first-order chi connectivity index (χ1) is 13.2. The lowest BCUT2D eigenvalue weighted by atomic mass is 9.97. The molecule has 1 saturated heterocycles. The number of amides is 1. The molecule has 7 nitrogen and oxygen atoms in total. The molecule has 0 unspecified atom stereocenters. The van der Waals surface area contributed by atoms with Crippen LogP contribution in [0, 0.1) is 5.92 Å². The molecule has 144 valence electrons. The van der Waals surface area contributed by atoms with Crippen LogP contribution in [0.1, 0.15) is 40.2 Å². The Morgan fingerprint density at radius 2 is 2.04 bits per heavy atom. The van der Waals surface area contributed by atoms with E-state index in [1.54, 1.807) is 0 Å². The number of likely N-dealkylation sites (tertiary alicyclic amines) is 1. The van der Waals surface area contributed by atoms with Crippen LogP contribution in [0.3, 0.4) is 0 Å². The summed E-state index contributed by atoms with van der Waals surface area (Å²) in [5.74, 6) is 1.30. The van der Waals surface area contributed by atoms with E-state index in [-0.39, 0.29) is 12.5 Å². The number of rotatable bonds is 5. The summed E-state index contributed by atoms with van der Waals surface area (Å²) in [7, 11) is 0. The number of anilines is 1. The minimum Gasteiger partial charge on any atom is -0.396 e.